The van der Waals surface area contributed by atoms with Gasteiger partial charge in [-0.2, -0.15) is 0 Å². The molecule has 2 unspecified atom stereocenters. The predicted octanol–water partition coefficient (Wildman–Crippen LogP) is 3.29. The SMILES string of the molecule is CCCc1ccc(CCC)c2c1C(=O)N(C1(C(=O)O)CCCCC1C(=O)O)C2=O. The Balaban J connectivity index is 2.22. The first kappa shape index (κ1) is 21.0. The largest absolute Gasteiger partial charge is 0.481 e. The molecule has 7 nitrogen and oxygen atoms in total. The standard InChI is InChI=1S/C22H27NO6/c1-3-7-13-10-11-14(8-4-2)17-16(13)18(24)23(19(17)25)22(21(28)29)12-6-5-9-15(22)20(26)27/h10-11,15H,3-9,12H2,1-2H3,(H,26,27)(H,28,29). The first-order valence-corrected chi connectivity index (χ1v) is 10.3. The number of imide groups is 1. The van der Waals surface area contributed by atoms with Gasteiger partial charge in [-0.1, -0.05) is 51.7 Å². The van der Waals surface area contributed by atoms with Crippen molar-refractivity contribution in [2.45, 2.75) is 70.8 Å². The van der Waals surface area contributed by atoms with Crippen molar-refractivity contribution in [3.05, 3.63) is 34.4 Å². The first-order chi connectivity index (χ1) is 13.8. The molecule has 0 spiro atoms. The van der Waals surface area contributed by atoms with E-state index in [1.165, 1.54) is 0 Å². The average molecular weight is 401 g/mol. The number of carbonyl (C=O) groups excluding carboxylic acids is 2. The zero-order chi connectivity index (χ0) is 21.3. The van der Waals surface area contributed by atoms with Crippen LogP contribution < -0.4 is 0 Å². The third kappa shape index (κ3) is 3.12. The number of aryl methyl sites for hydroxylation is 2. The van der Waals surface area contributed by atoms with Gasteiger partial charge < -0.3 is 10.2 Å². The number of rotatable bonds is 7. The van der Waals surface area contributed by atoms with E-state index >= 15 is 0 Å². The summed E-state index contributed by atoms with van der Waals surface area (Å²) in [6.07, 6.45) is 3.79. The maximum absolute atomic E-state index is 13.5. The van der Waals surface area contributed by atoms with Crippen LogP contribution in [0.2, 0.25) is 0 Å². The van der Waals surface area contributed by atoms with E-state index in [9.17, 15) is 29.4 Å². The number of fused-ring (bicyclic) bond motifs is 1. The minimum Gasteiger partial charge on any atom is -0.481 e. The normalized spacial score (nSPS) is 23.9. The van der Waals surface area contributed by atoms with Gasteiger partial charge in [-0.3, -0.25) is 19.3 Å². The smallest absolute Gasteiger partial charge is 0.331 e. The molecule has 1 saturated carbocycles. The summed E-state index contributed by atoms with van der Waals surface area (Å²) in [5, 5.41) is 19.9. The van der Waals surface area contributed by atoms with Crippen molar-refractivity contribution in [2.24, 2.45) is 5.92 Å². The quantitative estimate of drug-likeness (QED) is 0.678. The second-order valence-electron chi connectivity index (χ2n) is 7.95. The molecule has 0 radical (unpaired) electrons. The second kappa shape index (κ2) is 7.97. The van der Waals surface area contributed by atoms with Crippen molar-refractivity contribution in [1.82, 2.24) is 4.90 Å². The number of nitrogens with zero attached hydrogens (tertiary/aromatic N) is 1. The van der Waals surface area contributed by atoms with Crippen LogP contribution in [0, 0.1) is 5.92 Å². The Morgan fingerprint density at radius 1 is 1.00 bits per heavy atom. The minimum absolute atomic E-state index is 0.0447. The highest BCUT2D eigenvalue weighted by Gasteiger charge is 2.61. The van der Waals surface area contributed by atoms with Gasteiger partial charge in [-0.05, 0) is 36.8 Å². The predicted molar refractivity (Wildman–Crippen MR) is 105 cm³/mol. The molecule has 0 aromatic heterocycles. The van der Waals surface area contributed by atoms with Crippen molar-refractivity contribution in [1.29, 1.82) is 0 Å². The van der Waals surface area contributed by atoms with E-state index < -0.39 is 35.2 Å². The van der Waals surface area contributed by atoms with E-state index in [0.29, 0.717) is 36.8 Å². The third-order valence-corrected chi connectivity index (χ3v) is 6.20. The Morgan fingerprint density at radius 2 is 1.52 bits per heavy atom. The van der Waals surface area contributed by atoms with Crippen LogP contribution in [0.25, 0.3) is 0 Å². The van der Waals surface area contributed by atoms with E-state index in [-0.39, 0.29) is 24.0 Å². The van der Waals surface area contributed by atoms with Gasteiger partial charge in [0.2, 0.25) is 0 Å². The molecule has 1 heterocycles. The molecule has 29 heavy (non-hydrogen) atoms. The van der Waals surface area contributed by atoms with Gasteiger partial charge >= 0.3 is 11.9 Å². The lowest BCUT2D eigenvalue weighted by Gasteiger charge is -2.43. The average Bonchev–Trinajstić information content (AvgIpc) is 2.95. The van der Waals surface area contributed by atoms with Gasteiger partial charge in [0.1, 0.15) is 0 Å². The fourth-order valence-electron chi connectivity index (χ4n) is 4.91. The van der Waals surface area contributed by atoms with Crippen molar-refractivity contribution in [3.63, 3.8) is 0 Å². The molecule has 1 aromatic carbocycles. The number of carbonyl (C=O) groups is 4. The Morgan fingerprint density at radius 3 is 1.93 bits per heavy atom. The molecule has 2 amide bonds. The van der Waals surface area contributed by atoms with Gasteiger partial charge in [0.25, 0.3) is 11.8 Å². The lowest BCUT2D eigenvalue weighted by molar-refractivity contribution is -0.164. The van der Waals surface area contributed by atoms with Crippen molar-refractivity contribution < 1.29 is 29.4 Å². The van der Waals surface area contributed by atoms with Crippen LogP contribution in [0.1, 0.15) is 84.2 Å². The Kier molecular flexibility index (Phi) is 5.78. The van der Waals surface area contributed by atoms with Gasteiger partial charge in [0, 0.05) is 0 Å². The summed E-state index contributed by atoms with van der Waals surface area (Å²) in [5.41, 5.74) is -0.0985. The van der Waals surface area contributed by atoms with Crippen LogP contribution in [0.5, 0.6) is 0 Å². The molecule has 0 saturated heterocycles. The third-order valence-electron chi connectivity index (χ3n) is 6.20. The zero-order valence-electron chi connectivity index (χ0n) is 16.9. The molecule has 3 rings (SSSR count). The summed E-state index contributed by atoms with van der Waals surface area (Å²) in [6.45, 7) is 3.93. The Bertz CT molecular complexity index is 831. The molecule has 1 aromatic rings. The molecule has 1 aliphatic carbocycles. The Labute approximate surface area is 169 Å². The Hall–Kier alpha value is -2.70. The zero-order valence-corrected chi connectivity index (χ0v) is 16.9. The number of amides is 2. The maximum Gasteiger partial charge on any atom is 0.331 e. The van der Waals surface area contributed by atoms with E-state index in [1.807, 2.05) is 26.0 Å². The highest BCUT2D eigenvalue weighted by Crippen LogP contribution is 2.44. The van der Waals surface area contributed by atoms with Crippen LogP contribution >= 0.6 is 0 Å². The monoisotopic (exact) mass is 401 g/mol. The number of hydrogen-bond donors (Lipinski definition) is 2. The summed E-state index contributed by atoms with van der Waals surface area (Å²) in [5.74, 6) is -5.36. The van der Waals surface area contributed by atoms with Crippen molar-refractivity contribution in [2.75, 3.05) is 0 Å². The van der Waals surface area contributed by atoms with Gasteiger partial charge in [0.15, 0.2) is 5.54 Å². The van der Waals surface area contributed by atoms with E-state index in [1.54, 1.807) is 0 Å². The molecule has 7 heteroatoms. The fourth-order valence-corrected chi connectivity index (χ4v) is 4.91. The lowest BCUT2D eigenvalue weighted by atomic mass is 9.71. The highest BCUT2D eigenvalue weighted by molar-refractivity contribution is 6.25. The fraction of sp³-hybridized carbons (Fsp3) is 0.545. The molecule has 2 N–H and O–H groups in total. The number of carboxylic acid groups (broad SMARTS) is 2. The molecule has 156 valence electrons. The summed E-state index contributed by atoms with van der Waals surface area (Å²) >= 11 is 0. The number of benzene rings is 1. The topological polar surface area (TPSA) is 112 Å². The number of hydrogen-bond acceptors (Lipinski definition) is 4. The van der Waals surface area contributed by atoms with Gasteiger partial charge in [0.05, 0.1) is 17.0 Å². The summed E-state index contributed by atoms with van der Waals surface area (Å²) < 4.78 is 0. The molecule has 2 atom stereocenters. The molecule has 1 fully saturated rings. The van der Waals surface area contributed by atoms with E-state index in [0.717, 1.165) is 17.7 Å². The van der Waals surface area contributed by atoms with E-state index in [4.69, 9.17) is 0 Å². The minimum atomic E-state index is -2.05. The molecule has 0 bridgehead atoms. The van der Waals surface area contributed by atoms with Gasteiger partial charge in [-0.15, -0.1) is 0 Å². The summed E-state index contributed by atoms with van der Waals surface area (Å²) in [4.78, 5) is 52.1. The van der Waals surface area contributed by atoms with Crippen LogP contribution in [-0.2, 0) is 22.4 Å². The highest BCUT2D eigenvalue weighted by atomic mass is 16.4. The van der Waals surface area contributed by atoms with Crippen molar-refractivity contribution >= 4 is 23.8 Å². The second-order valence-corrected chi connectivity index (χ2v) is 7.95. The van der Waals surface area contributed by atoms with Crippen LogP contribution in [0.4, 0.5) is 0 Å². The van der Waals surface area contributed by atoms with Gasteiger partial charge in [-0.25, -0.2) is 4.79 Å². The number of aliphatic carboxylic acids is 2. The lowest BCUT2D eigenvalue weighted by Crippen LogP contribution is -2.64. The summed E-state index contributed by atoms with van der Waals surface area (Å²) in [7, 11) is 0. The molecular formula is C22H27NO6. The van der Waals surface area contributed by atoms with Crippen LogP contribution in [0.15, 0.2) is 12.1 Å². The number of carboxylic acids is 2. The van der Waals surface area contributed by atoms with Crippen molar-refractivity contribution in [3.8, 4) is 0 Å². The van der Waals surface area contributed by atoms with E-state index in [2.05, 4.69) is 0 Å². The van der Waals surface area contributed by atoms with Crippen LogP contribution in [-0.4, -0.2) is 44.4 Å². The molecule has 1 aliphatic heterocycles. The molecular weight excluding hydrogens is 374 g/mol. The first-order valence-electron chi connectivity index (χ1n) is 10.3. The summed E-state index contributed by atoms with van der Waals surface area (Å²) in [6, 6.07) is 3.68. The molecule has 2 aliphatic rings. The van der Waals surface area contributed by atoms with Crippen LogP contribution in [0.3, 0.4) is 0 Å². The maximum atomic E-state index is 13.5.